The van der Waals surface area contributed by atoms with Crippen molar-refractivity contribution in [1.82, 2.24) is 10.2 Å². The Kier molecular flexibility index (Phi) is 6.30. The highest BCUT2D eigenvalue weighted by Gasteiger charge is 2.42. The largest absolute Gasteiger partial charge is 0.368 e. The summed E-state index contributed by atoms with van der Waals surface area (Å²) in [4.78, 5) is 27.6. The Morgan fingerprint density at radius 1 is 1.19 bits per heavy atom. The summed E-state index contributed by atoms with van der Waals surface area (Å²) in [5, 5.41) is 2.92. The molecule has 1 aliphatic heterocycles. The topological polar surface area (TPSA) is 58.6 Å². The Hall–Kier alpha value is -1.88. The molecule has 2 aliphatic rings. The number of likely N-dealkylation sites (N-methyl/N-ethyl adjacent to an activating group) is 2. The van der Waals surface area contributed by atoms with Gasteiger partial charge < -0.3 is 15.0 Å². The molecule has 1 saturated carbocycles. The molecule has 3 rings (SSSR count). The molecule has 1 saturated heterocycles. The predicted molar refractivity (Wildman–Crippen MR) is 101 cm³/mol. The number of carbonyl (C=O) groups excluding carboxylic acids is 2. The number of nitrogens with zero attached hydrogens (tertiary/aromatic N) is 1. The van der Waals surface area contributed by atoms with Gasteiger partial charge in [-0.05, 0) is 37.7 Å². The molecule has 0 spiro atoms. The number of hydrogen-bond acceptors (Lipinski definition) is 3. The van der Waals surface area contributed by atoms with Crippen molar-refractivity contribution in [1.29, 1.82) is 0 Å². The van der Waals surface area contributed by atoms with Gasteiger partial charge in [0.1, 0.15) is 12.1 Å². The van der Waals surface area contributed by atoms with E-state index >= 15 is 0 Å². The first kappa shape index (κ1) is 18.9. The van der Waals surface area contributed by atoms with Gasteiger partial charge in [-0.25, -0.2) is 0 Å². The van der Waals surface area contributed by atoms with Crippen LogP contribution < -0.4 is 5.32 Å². The maximum atomic E-state index is 13.3. The maximum Gasteiger partial charge on any atom is 0.252 e. The van der Waals surface area contributed by atoms with Gasteiger partial charge >= 0.3 is 0 Å². The summed E-state index contributed by atoms with van der Waals surface area (Å²) >= 11 is 0. The van der Waals surface area contributed by atoms with Gasteiger partial charge in [0.25, 0.3) is 5.91 Å². The van der Waals surface area contributed by atoms with E-state index in [4.69, 9.17) is 4.74 Å². The number of nitrogens with one attached hydrogen (secondary N) is 1. The summed E-state index contributed by atoms with van der Waals surface area (Å²) in [6.45, 7) is 3.08. The van der Waals surface area contributed by atoms with E-state index in [1.807, 2.05) is 25.1 Å². The third-order valence-electron chi connectivity index (χ3n) is 5.79. The van der Waals surface area contributed by atoms with Crippen molar-refractivity contribution in [3.05, 3.63) is 35.9 Å². The van der Waals surface area contributed by atoms with Crippen LogP contribution >= 0.6 is 0 Å². The average molecular weight is 358 g/mol. The summed E-state index contributed by atoms with van der Waals surface area (Å²) in [5.41, 5.74) is 1.13. The van der Waals surface area contributed by atoms with Crippen LogP contribution in [0.1, 0.15) is 50.5 Å². The maximum absolute atomic E-state index is 13.3. The second kappa shape index (κ2) is 8.67. The van der Waals surface area contributed by atoms with Crippen molar-refractivity contribution in [2.45, 2.75) is 57.1 Å². The molecular weight excluding hydrogens is 328 g/mol. The molecule has 26 heavy (non-hydrogen) atoms. The zero-order valence-corrected chi connectivity index (χ0v) is 15.8. The Morgan fingerprint density at radius 3 is 2.54 bits per heavy atom. The van der Waals surface area contributed by atoms with Gasteiger partial charge in [-0.2, -0.15) is 0 Å². The molecule has 1 heterocycles. The van der Waals surface area contributed by atoms with Crippen LogP contribution in [0.25, 0.3) is 0 Å². The molecule has 142 valence electrons. The van der Waals surface area contributed by atoms with Gasteiger partial charge in [-0.15, -0.1) is 0 Å². The van der Waals surface area contributed by atoms with Gasteiger partial charge in [-0.3, -0.25) is 9.59 Å². The van der Waals surface area contributed by atoms with Crippen molar-refractivity contribution >= 4 is 11.8 Å². The van der Waals surface area contributed by atoms with E-state index < -0.39 is 12.1 Å². The fraction of sp³-hybridized carbons (Fsp3) is 0.619. The molecular formula is C21H30N2O3. The van der Waals surface area contributed by atoms with E-state index in [2.05, 4.69) is 17.4 Å². The van der Waals surface area contributed by atoms with E-state index in [9.17, 15) is 9.59 Å². The smallest absolute Gasteiger partial charge is 0.252 e. The molecule has 0 radical (unpaired) electrons. The van der Waals surface area contributed by atoms with Crippen LogP contribution in [0, 0.1) is 5.92 Å². The number of carbonyl (C=O) groups is 2. The highest BCUT2D eigenvalue weighted by Crippen LogP contribution is 2.35. The van der Waals surface area contributed by atoms with Gasteiger partial charge in [0, 0.05) is 26.1 Å². The lowest BCUT2D eigenvalue weighted by Gasteiger charge is -2.34. The number of hydrogen-bond donors (Lipinski definition) is 1. The van der Waals surface area contributed by atoms with Crippen LogP contribution in [0.15, 0.2) is 30.3 Å². The number of rotatable bonds is 6. The first-order valence-electron chi connectivity index (χ1n) is 9.84. The molecule has 2 amide bonds. The number of amides is 2. The second-order valence-corrected chi connectivity index (χ2v) is 7.43. The molecule has 1 aliphatic carbocycles. The molecule has 3 unspecified atom stereocenters. The van der Waals surface area contributed by atoms with E-state index in [1.54, 1.807) is 11.9 Å². The monoisotopic (exact) mass is 358 g/mol. The summed E-state index contributed by atoms with van der Waals surface area (Å²) in [6, 6.07) is 9.68. The SMILES string of the molecule is CCNC(=O)C(C1CCCC1)N(C)C(=O)C1OCCC1c1ccccc1. The van der Waals surface area contributed by atoms with Gasteiger partial charge in [-0.1, -0.05) is 43.2 Å². The fourth-order valence-electron chi connectivity index (χ4n) is 4.47. The number of benzene rings is 1. The van der Waals surface area contributed by atoms with Crippen LogP contribution in [0.2, 0.25) is 0 Å². The summed E-state index contributed by atoms with van der Waals surface area (Å²) < 4.78 is 5.83. The van der Waals surface area contributed by atoms with Crippen LogP contribution in [-0.4, -0.2) is 49.1 Å². The molecule has 5 nitrogen and oxygen atoms in total. The third-order valence-corrected chi connectivity index (χ3v) is 5.79. The molecule has 2 fully saturated rings. The molecule has 0 aromatic heterocycles. The first-order valence-corrected chi connectivity index (χ1v) is 9.84. The summed E-state index contributed by atoms with van der Waals surface area (Å²) in [7, 11) is 1.77. The van der Waals surface area contributed by atoms with E-state index in [1.165, 1.54) is 0 Å². The average Bonchev–Trinajstić information content (AvgIpc) is 3.34. The van der Waals surface area contributed by atoms with E-state index in [0.29, 0.717) is 13.2 Å². The van der Waals surface area contributed by atoms with E-state index in [0.717, 1.165) is 37.7 Å². The Balaban J connectivity index is 1.78. The van der Waals surface area contributed by atoms with Crippen molar-refractivity contribution in [3.8, 4) is 0 Å². The standard InChI is InChI=1S/C21H30N2O3/c1-3-22-20(24)18(16-11-7-8-12-16)23(2)21(25)19-17(13-14-26-19)15-9-5-4-6-10-15/h4-6,9-10,16-19H,3,7-8,11-14H2,1-2H3,(H,22,24). The minimum Gasteiger partial charge on any atom is -0.368 e. The predicted octanol–water partition coefficient (Wildman–Crippen LogP) is 2.71. The highest BCUT2D eigenvalue weighted by molar-refractivity contribution is 5.90. The quantitative estimate of drug-likeness (QED) is 0.851. The third kappa shape index (κ3) is 3.93. The lowest BCUT2D eigenvalue weighted by atomic mass is 9.90. The molecule has 1 N–H and O–H groups in total. The molecule has 1 aromatic rings. The molecule has 0 bridgehead atoms. The van der Waals surface area contributed by atoms with Crippen LogP contribution in [-0.2, 0) is 14.3 Å². The zero-order chi connectivity index (χ0) is 18.5. The minimum atomic E-state index is -0.499. The lowest BCUT2D eigenvalue weighted by Crippen LogP contribution is -2.54. The fourth-order valence-corrected chi connectivity index (χ4v) is 4.47. The Bertz CT molecular complexity index is 613. The van der Waals surface area contributed by atoms with Crippen molar-refractivity contribution < 1.29 is 14.3 Å². The zero-order valence-electron chi connectivity index (χ0n) is 15.8. The Morgan fingerprint density at radius 2 is 1.88 bits per heavy atom. The van der Waals surface area contributed by atoms with Gasteiger partial charge in [0.15, 0.2) is 0 Å². The normalized spacial score (nSPS) is 24.4. The van der Waals surface area contributed by atoms with Crippen molar-refractivity contribution in [2.24, 2.45) is 5.92 Å². The van der Waals surface area contributed by atoms with Gasteiger partial charge in [0.05, 0.1) is 0 Å². The van der Waals surface area contributed by atoms with Crippen molar-refractivity contribution in [3.63, 3.8) is 0 Å². The first-order chi connectivity index (χ1) is 12.6. The van der Waals surface area contributed by atoms with E-state index in [-0.39, 0.29) is 23.7 Å². The number of ether oxygens (including phenoxy) is 1. The van der Waals surface area contributed by atoms with Crippen molar-refractivity contribution in [2.75, 3.05) is 20.2 Å². The highest BCUT2D eigenvalue weighted by atomic mass is 16.5. The molecule has 1 aromatic carbocycles. The minimum absolute atomic E-state index is 0.0375. The van der Waals surface area contributed by atoms with Crippen LogP contribution in [0.5, 0.6) is 0 Å². The second-order valence-electron chi connectivity index (χ2n) is 7.43. The lowest BCUT2D eigenvalue weighted by molar-refractivity contribution is -0.148. The van der Waals surface area contributed by atoms with Crippen LogP contribution in [0.4, 0.5) is 0 Å². The van der Waals surface area contributed by atoms with Gasteiger partial charge in [0.2, 0.25) is 5.91 Å². The molecule has 3 atom stereocenters. The summed E-state index contributed by atoms with van der Waals surface area (Å²) in [6.07, 6.45) is 4.62. The molecule has 5 heteroatoms. The van der Waals surface area contributed by atoms with Crippen LogP contribution in [0.3, 0.4) is 0 Å². The Labute approximate surface area is 156 Å². The summed E-state index contributed by atoms with van der Waals surface area (Å²) in [5.74, 6) is 0.195.